The second kappa shape index (κ2) is 10.8. The third-order valence-electron chi connectivity index (χ3n) is 5.73. The lowest BCUT2D eigenvalue weighted by atomic mass is 9.96. The molecule has 4 rings (SSSR count). The number of hydrogen-bond donors (Lipinski definition) is 4. The maximum Gasteiger partial charge on any atom is 0.336 e. The van der Waals surface area contributed by atoms with Gasteiger partial charge in [0, 0.05) is 11.1 Å². The molecule has 39 heavy (non-hydrogen) atoms. The van der Waals surface area contributed by atoms with Crippen molar-refractivity contribution in [2.75, 3.05) is 0 Å². The van der Waals surface area contributed by atoms with E-state index >= 15 is 0 Å². The summed E-state index contributed by atoms with van der Waals surface area (Å²) in [4.78, 5) is 46.7. The number of aromatic carboxylic acids is 4. The van der Waals surface area contributed by atoms with Crippen LogP contribution >= 0.6 is 0 Å². The molecule has 0 saturated carbocycles. The molecule has 4 N–H and O–H groups in total. The summed E-state index contributed by atoms with van der Waals surface area (Å²) in [7, 11) is 0. The quantitative estimate of drug-likeness (QED) is 0.209. The Bertz CT molecular complexity index is 1440. The number of carbonyl (C=O) groups is 4. The van der Waals surface area contributed by atoms with Crippen LogP contribution in [0.2, 0.25) is 0 Å². The van der Waals surface area contributed by atoms with Crippen molar-refractivity contribution in [3.8, 4) is 11.5 Å². The lowest BCUT2D eigenvalue weighted by Crippen LogP contribution is -2.41. The fourth-order valence-corrected chi connectivity index (χ4v) is 3.97. The summed E-state index contributed by atoms with van der Waals surface area (Å²) < 4.78 is 12.7. The molecule has 0 aromatic heterocycles. The molecule has 0 radical (unpaired) electrons. The van der Waals surface area contributed by atoms with Gasteiger partial charge in [0.05, 0.1) is 22.3 Å². The smallest absolute Gasteiger partial charge is 0.336 e. The molecule has 4 aromatic carbocycles. The summed E-state index contributed by atoms with van der Waals surface area (Å²) in [5.74, 6) is -7.84. The lowest BCUT2D eigenvalue weighted by Gasteiger charge is -2.35. The fraction of sp³-hybridized carbons (Fsp3) is 0.0345. The largest absolute Gasteiger partial charge is 0.478 e. The Morgan fingerprint density at radius 3 is 1.10 bits per heavy atom. The van der Waals surface area contributed by atoms with Crippen molar-refractivity contribution in [1.82, 2.24) is 0 Å². The van der Waals surface area contributed by atoms with Crippen molar-refractivity contribution >= 4 is 23.9 Å². The minimum Gasteiger partial charge on any atom is -0.478 e. The van der Waals surface area contributed by atoms with Gasteiger partial charge in [-0.2, -0.15) is 0 Å². The number of hydrogen-bond acceptors (Lipinski definition) is 6. The van der Waals surface area contributed by atoms with E-state index in [1.807, 2.05) is 0 Å². The molecule has 0 aliphatic heterocycles. The van der Waals surface area contributed by atoms with Crippen molar-refractivity contribution in [1.29, 1.82) is 0 Å². The molecule has 4 aromatic rings. The molecule has 0 aliphatic carbocycles. The Morgan fingerprint density at radius 1 is 0.462 bits per heavy atom. The third kappa shape index (κ3) is 5.39. The molecule has 0 heterocycles. The third-order valence-corrected chi connectivity index (χ3v) is 5.73. The molecule has 0 bridgehead atoms. The minimum absolute atomic E-state index is 0.0641. The molecule has 0 amide bonds. The molecule has 0 unspecified atom stereocenters. The van der Waals surface area contributed by atoms with E-state index < -0.39 is 51.9 Å². The van der Waals surface area contributed by atoms with Crippen LogP contribution in [0.15, 0.2) is 97.1 Å². The first kappa shape index (κ1) is 26.4. The van der Waals surface area contributed by atoms with Gasteiger partial charge in [0.15, 0.2) is 0 Å². The Morgan fingerprint density at radius 2 is 0.795 bits per heavy atom. The van der Waals surface area contributed by atoms with Crippen molar-refractivity contribution in [3.63, 3.8) is 0 Å². The van der Waals surface area contributed by atoms with Crippen LogP contribution in [0.3, 0.4) is 0 Å². The molecule has 10 heteroatoms. The molecule has 0 spiro atoms. The Balaban J connectivity index is 1.95. The van der Waals surface area contributed by atoms with E-state index in [2.05, 4.69) is 0 Å². The van der Waals surface area contributed by atoms with E-state index in [1.165, 1.54) is 12.1 Å². The molecule has 0 saturated heterocycles. The van der Waals surface area contributed by atoms with Crippen LogP contribution < -0.4 is 9.47 Å². The van der Waals surface area contributed by atoms with Gasteiger partial charge in [0.2, 0.25) is 0 Å². The van der Waals surface area contributed by atoms with Crippen LogP contribution in [0.25, 0.3) is 0 Å². The predicted molar refractivity (Wildman–Crippen MR) is 136 cm³/mol. The van der Waals surface area contributed by atoms with Gasteiger partial charge in [-0.1, -0.05) is 60.7 Å². The molecule has 196 valence electrons. The van der Waals surface area contributed by atoms with Gasteiger partial charge in [0.1, 0.15) is 11.5 Å². The molecule has 10 nitrogen and oxygen atoms in total. The molecule has 0 atom stereocenters. The SMILES string of the molecule is O=C(O)c1ccc(OC(Oc2ccc(C(=O)O)c(C(=O)O)c2)(c2ccccc2)c2ccccc2)cc1C(=O)O. The van der Waals surface area contributed by atoms with Gasteiger partial charge in [-0.05, 0) is 36.4 Å². The van der Waals surface area contributed by atoms with Crippen molar-refractivity contribution < 1.29 is 49.1 Å². The van der Waals surface area contributed by atoms with E-state index in [4.69, 9.17) is 9.47 Å². The van der Waals surface area contributed by atoms with Crippen molar-refractivity contribution in [2.45, 2.75) is 5.79 Å². The molecule has 0 fully saturated rings. The van der Waals surface area contributed by atoms with Gasteiger partial charge in [0.25, 0.3) is 0 Å². The second-order valence-electron chi connectivity index (χ2n) is 8.19. The fourth-order valence-electron chi connectivity index (χ4n) is 3.97. The lowest BCUT2D eigenvalue weighted by molar-refractivity contribution is -0.0844. The summed E-state index contributed by atoms with van der Waals surface area (Å²) >= 11 is 0. The van der Waals surface area contributed by atoms with E-state index in [0.29, 0.717) is 11.1 Å². The van der Waals surface area contributed by atoms with E-state index in [0.717, 1.165) is 24.3 Å². The summed E-state index contributed by atoms with van der Waals surface area (Å²) in [6, 6.07) is 23.8. The van der Waals surface area contributed by atoms with Crippen LogP contribution in [0, 0.1) is 0 Å². The van der Waals surface area contributed by atoms with Crippen molar-refractivity contribution in [2.24, 2.45) is 0 Å². The summed E-state index contributed by atoms with van der Waals surface area (Å²) in [5.41, 5.74) is -1.11. The standard InChI is InChI=1S/C29H20O10/c30-25(31)21-13-11-19(15-23(21)27(34)35)38-29(17-7-3-1-4-8-17,18-9-5-2-6-10-18)39-20-12-14-22(26(32)33)24(16-20)28(36)37/h1-16H,(H,30,31)(H,32,33)(H,34,35)(H,36,37). The average Bonchev–Trinajstić information content (AvgIpc) is 2.93. The zero-order chi connectivity index (χ0) is 28.2. The molecular weight excluding hydrogens is 508 g/mol. The van der Waals surface area contributed by atoms with Gasteiger partial charge < -0.3 is 29.9 Å². The number of carboxylic acids is 4. The van der Waals surface area contributed by atoms with Crippen LogP contribution in [-0.2, 0) is 5.79 Å². The summed E-state index contributed by atoms with van der Waals surface area (Å²) in [6.07, 6.45) is 0. The van der Waals surface area contributed by atoms with Gasteiger partial charge in [-0.3, -0.25) is 0 Å². The zero-order valence-corrected chi connectivity index (χ0v) is 20.0. The highest BCUT2D eigenvalue weighted by Gasteiger charge is 2.40. The first-order chi connectivity index (χ1) is 18.6. The van der Waals surface area contributed by atoms with Crippen LogP contribution in [-0.4, -0.2) is 44.3 Å². The van der Waals surface area contributed by atoms with E-state index in [-0.39, 0.29) is 11.5 Å². The normalized spacial score (nSPS) is 10.9. The topological polar surface area (TPSA) is 168 Å². The number of ether oxygens (including phenoxy) is 2. The van der Waals surface area contributed by atoms with Crippen molar-refractivity contribution in [3.05, 3.63) is 130 Å². The number of benzene rings is 4. The Labute approximate surface area is 220 Å². The predicted octanol–water partition coefficient (Wildman–Crippen LogP) is 4.84. The first-order valence-corrected chi connectivity index (χ1v) is 11.3. The highest BCUT2D eigenvalue weighted by Crippen LogP contribution is 2.38. The highest BCUT2D eigenvalue weighted by atomic mass is 16.7. The highest BCUT2D eigenvalue weighted by molar-refractivity contribution is 6.02. The van der Waals surface area contributed by atoms with Gasteiger partial charge >= 0.3 is 29.7 Å². The van der Waals surface area contributed by atoms with E-state index in [9.17, 15) is 39.6 Å². The van der Waals surface area contributed by atoms with Gasteiger partial charge in [-0.15, -0.1) is 0 Å². The van der Waals surface area contributed by atoms with Crippen LogP contribution in [0.5, 0.6) is 11.5 Å². The second-order valence-corrected chi connectivity index (χ2v) is 8.19. The summed E-state index contributed by atoms with van der Waals surface area (Å²) in [5, 5.41) is 38.0. The minimum atomic E-state index is -1.86. The van der Waals surface area contributed by atoms with Crippen LogP contribution in [0.4, 0.5) is 0 Å². The maximum absolute atomic E-state index is 11.8. The number of carboxylic acid groups (broad SMARTS) is 4. The van der Waals surface area contributed by atoms with Gasteiger partial charge in [-0.25, -0.2) is 19.2 Å². The zero-order valence-electron chi connectivity index (χ0n) is 20.0. The first-order valence-electron chi connectivity index (χ1n) is 11.3. The molecule has 0 aliphatic rings. The monoisotopic (exact) mass is 528 g/mol. The Hall–Kier alpha value is -5.64. The van der Waals surface area contributed by atoms with E-state index in [1.54, 1.807) is 60.7 Å². The van der Waals surface area contributed by atoms with Crippen LogP contribution in [0.1, 0.15) is 52.6 Å². The number of rotatable bonds is 10. The molecular formula is C29H20O10. The Kier molecular flexibility index (Phi) is 7.30. The summed E-state index contributed by atoms with van der Waals surface area (Å²) in [6.45, 7) is 0. The average molecular weight is 528 g/mol. The maximum atomic E-state index is 11.8.